The molecule has 0 aromatic heterocycles. The number of benzene rings is 1. The molecule has 0 aliphatic carbocycles. The van der Waals surface area contributed by atoms with E-state index >= 15 is 0 Å². The van der Waals surface area contributed by atoms with E-state index in [4.69, 9.17) is 5.11 Å². The van der Waals surface area contributed by atoms with Crippen molar-refractivity contribution in [1.29, 1.82) is 0 Å². The molecule has 0 saturated heterocycles. The maximum atomic E-state index is 12.7. The van der Waals surface area contributed by atoms with Crippen LogP contribution in [0.15, 0.2) is 18.2 Å². The lowest BCUT2D eigenvalue weighted by Gasteiger charge is -2.14. The van der Waals surface area contributed by atoms with Crippen LogP contribution in [-0.2, 0) is 6.18 Å². The molecule has 0 radical (unpaired) electrons. The molecule has 4 nitrogen and oxygen atoms in total. The van der Waals surface area contributed by atoms with Crippen molar-refractivity contribution in [2.75, 3.05) is 11.9 Å². The van der Waals surface area contributed by atoms with Gasteiger partial charge in [-0.3, -0.25) is 0 Å². The fourth-order valence-corrected chi connectivity index (χ4v) is 1.44. The number of aliphatic hydroxyl groups is 1. The van der Waals surface area contributed by atoms with Crippen LogP contribution >= 0.6 is 0 Å². The molecule has 0 saturated carbocycles. The second kappa shape index (κ2) is 5.92. The third-order valence-corrected chi connectivity index (χ3v) is 2.45. The molecule has 1 aromatic rings. The number of rotatable bonds is 3. The van der Waals surface area contributed by atoms with Crippen molar-refractivity contribution in [3.8, 4) is 0 Å². The lowest BCUT2D eigenvalue weighted by Crippen LogP contribution is -2.38. The normalized spacial score (nSPS) is 12.9. The van der Waals surface area contributed by atoms with Crippen molar-refractivity contribution in [1.82, 2.24) is 5.32 Å². The van der Waals surface area contributed by atoms with Gasteiger partial charge in [-0.1, -0.05) is 6.07 Å². The zero-order chi connectivity index (χ0) is 14.6. The van der Waals surface area contributed by atoms with Crippen LogP contribution in [0.3, 0.4) is 0 Å². The number of halogens is 3. The van der Waals surface area contributed by atoms with Gasteiger partial charge in [-0.15, -0.1) is 0 Å². The predicted molar refractivity (Wildman–Crippen MR) is 64.9 cm³/mol. The maximum Gasteiger partial charge on any atom is 0.416 e. The zero-order valence-electron chi connectivity index (χ0n) is 10.5. The summed E-state index contributed by atoms with van der Waals surface area (Å²) in [7, 11) is 0. The first-order chi connectivity index (χ1) is 8.74. The maximum absolute atomic E-state index is 12.7. The first-order valence-corrected chi connectivity index (χ1v) is 5.60. The first-order valence-electron chi connectivity index (χ1n) is 5.60. The van der Waals surface area contributed by atoms with Gasteiger partial charge in [-0.05, 0) is 31.5 Å². The molecular weight excluding hydrogens is 261 g/mol. The highest BCUT2D eigenvalue weighted by atomic mass is 19.4. The topological polar surface area (TPSA) is 61.4 Å². The van der Waals surface area contributed by atoms with Crippen molar-refractivity contribution < 1.29 is 23.1 Å². The quantitative estimate of drug-likeness (QED) is 0.794. The Bertz CT molecular complexity index is 461. The van der Waals surface area contributed by atoms with E-state index in [0.29, 0.717) is 0 Å². The van der Waals surface area contributed by atoms with Crippen LogP contribution in [0.4, 0.5) is 23.7 Å². The summed E-state index contributed by atoms with van der Waals surface area (Å²) in [6.07, 6.45) is -4.46. The van der Waals surface area contributed by atoms with E-state index in [-0.39, 0.29) is 17.9 Å². The summed E-state index contributed by atoms with van der Waals surface area (Å²) in [6.45, 7) is 2.66. The minimum absolute atomic E-state index is 0.0422. The molecule has 7 heteroatoms. The summed E-state index contributed by atoms with van der Waals surface area (Å²) in [5.41, 5.74) is -0.664. The molecule has 0 bridgehead atoms. The predicted octanol–water partition coefficient (Wildman–Crippen LogP) is 2.52. The summed E-state index contributed by atoms with van der Waals surface area (Å²) < 4.78 is 38.0. The average molecular weight is 276 g/mol. The van der Waals surface area contributed by atoms with Crippen LogP contribution in [0.25, 0.3) is 0 Å². The van der Waals surface area contributed by atoms with E-state index in [1.54, 1.807) is 6.92 Å². The number of urea groups is 1. The second-order valence-electron chi connectivity index (χ2n) is 4.21. The minimum Gasteiger partial charge on any atom is -0.394 e. The molecule has 19 heavy (non-hydrogen) atoms. The van der Waals surface area contributed by atoms with Crippen molar-refractivity contribution in [2.45, 2.75) is 26.1 Å². The van der Waals surface area contributed by atoms with Crippen LogP contribution in [0.2, 0.25) is 0 Å². The van der Waals surface area contributed by atoms with Crippen LogP contribution < -0.4 is 10.6 Å². The lowest BCUT2D eigenvalue weighted by molar-refractivity contribution is -0.138. The fourth-order valence-electron chi connectivity index (χ4n) is 1.44. The number of hydrogen-bond acceptors (Lipinski definition) is 2. The van der Waals surface area contributed by atoms with Crippen LogP contribution in [0.1, 0.15) is 18.1 Å². The number of hydrogen-bond donors (Lipinski definition) is 3. The molecule has 2 amide bonds. The molecule has 0 unspecified atom stereocenters. The van der Waals surface area contributed by atoms with Gasteiger partial charge in [0.2, 0.25) is 0 Å². The number of aryl methyl sites for hydroxylation is 1. The van der Waals surface area contributed by atoms with Gasteiger partial charge in [-0.2, -0.15) is 13.2 Å². The van der Waals surface area contributed by atoms with Gasteiger partial charge in [0, 0.05) is 5.69 Å². The molecule has 1 rings (SSSR count). The summed E-state index contributed by atoms with van der Waals surface area (Å²) in [6, 6.07) is 2.39. The smallest absolute Gasteiger partial charge is 0.394 e. The number of carbonyl (C=O) groups excluding carboxylic acids is 1. The van der Waals surface area contributed by atoms with E-state index in [1.165, 1.54) is 19.1 Å². The van der Waals surface area contributed by atoms with E-state index in [9.17, 15) is 18.0 Å². The molecule has 1 aromatic carbocycles. The zero-order valence-corrected chi connectivity index (χ0v) is 10.5. The van der Waals surface area contributed by atoms with Crippen molar-refractivity contribution in [2.24, 2.45) is 0 Å². The highest BCUT2D eigenvalue weighted by Gasteiger charge is 2.32. The monoisotopic (exact) mass is 276 g/mol. The van der Waals surface area contributed by atoms with Gasteiger partial charge in [0.1, 0.15) is 0 Å². The van der Waals surface area contributed by atoms with Crippen molar-refractivity contribution in [3.05, 3.63) is 29.3 Å². The standard InChI is InChI=1S/C12H15F3N2O2/c1-7-3-4-9(5-10(7)12(13,14)15)17-11(19)16-8(2)6-18/h3-5,8,18H,6H2,1-2H3,(H2,16,17,19)/t8-/m0/s1. The van der Waals surface area contributed by atoms with Crippen LogP contribution in [0, 0.1) is 6.92 Å². The largest absolute Gasteiger partial charge is 0.416 e. The lowest BCUT2D eigenvalue weighted by atomic mass is 10.1. The number of alkyl halides is 3. The summed E-state index contributed by atoms with van der Waals surface area (Å²) in [4.78, 5) is 11.4. The third-order valence-electron chi connectivity index (χ3n) is 2.45. The Hall–Kier alpha value is -1.76. The highest BCUT2D eigenvalue weighted by Crippen LogP contribution is 2.33. The third kappa shape index (κ3) is 4.44. The second-order valence-corrected chi connectivity index (χ2v) is 4.21. The molecule has 0 aliphatic heterocycles. The Kier molecular flexibility index (Phi) is 4.77. The van der Waals surface area contributed by atoms with E-state index in [1.807, 2.05) is 0 Å². The van der Waals surface area contributed by atoms with Crippen LogP contribution in [-0.4, -0.2) is 23.8 Å². The Balaban J connectivity index is 2.83. The summed E-state index contributed by atoms with van der Waals surface area (Å²) in [5.74, 6) is 0. The Morgan fingerprint density at radius 3 is 2.58 bits per heavy atom. The van der Waals surface area contributed by atoms with E-state index < -0.39 is 23.8 Å². The number of carbonyl (C=O) groups is 1. The minimum atomic E-state index is -4.46. The van der Waals surface area contributed by atoms with Crippen molar-refractivity contribution >= 4 is 11.7 Å². The Morgan fingerprint density at radius 2 is 2.05 bits per heavy atom. The number of anilines is 1. The Morgan fingerprint density at radius 1 is 1.42 bits per heavy atom. The van der Waals surface area contributed by atoms with Gasteiger partial charge in [0.15, 0.2) is 0 Å². The van der Waals surface area contributed by atoms with Gasteiger partial charge in [0.05, 0.1) is 18.2 Å². The SMILES string of the molecule is Cc1ccc(NC(=O)N[C@@H](C)CO)cc1C(F)(F)F. The fraction of sp³-hybridized carbons (Fsp3) is 0.417. The van der Waals surface area contributed by atoms with E-state index in [2.05, 4.69) is 10.6 Å². The molecule has 0 fully saturated rings. The van der Waals surface area contributed by atoms with Gasteiger partial charge < -0.3 is 15.7 Å². The highest BCUT2D eigenvalue weighted by molar-refractivity contribution is 5.89. The molecule has 3 N–H and O–H groups in total. The van der Waals surface area contributed by atoms with Gasteiger partial charge in [-0.25, -0.2) is 4.79 Å². The molecule has 0 spiro atoms. The molecule has 0 aliphatic rings. The Labute approximate surface area is 108 Å². The van der Waals surface area contributed by atoms with Crippen LogP contribution in [0.5, 0.6) is 0 Å². The first kappa shape index (κ1) is 15.3. The summed E-state index contributed by atoms with van der Waals surface area (Å²) >= 11 is 0. The molecule has 106 valence electrons. The van der Waals surface area contributed by atoms with Gasteiger partial charge in [0.25, 0.3) is 0 Å². The molecule has 0 heterocycles. The number of amides is 2. The summed E-state index contributed by atoms with van der Waals surface area (Å²) in [5, 5.41) is 13.4. The van der Waals surface area contributed by atoms with Crippen molar-refractivity contribution in [3.63, 3.8) is 0 Å². The van der Waals surface area contributed by atoms with Gasteiger partial charge >= 0.3 is 12.2 Å². The average Bonchev–Trinajstić information content (AvgIpc) is 2.29. The van der Waals surface area contributed by atoms with E-state index in [0.717, 1.165) is 6.07 Å². The number of nitrogens with one attached hydrogen (secondary N) is 2. The number of aliphatic hydroxyl groups excluding tert-OH is 1. The molecule has 1 atom stereocenters. The molecular formula is C12H15F3N2O2.